The first-order valence-corrected chi connectivity index (χ1v) is 10.9. The molecule has 34 heavy (non-hydrogen) atoms. The van der Waals surface area contributed by atoms with E-state index in [-0.39, 0.29) is 5.75 Å². The van der Waals surface area contributed by atoms with Gasteiger partial charge in [-0.25, -0.2) is 0 Å². The lowest BCUT2D eigenvalue weighted by Crippen LogP contribution is -2.36. The van der Waals surface area contributed by atoms with Gasteiger partial charge in [0, 0.05) is 36.4 Å². The smallest absolute Gasteiger partial charge is 0.406 e. The average Bonchev–Trinajstić information content (AvgIpc) is 2.79. The van der Waals surface area contributed by atoms with Crippen molar-refractivity contribution in [2.45, 2.75) is 19.2 Å². The third-order valence-corrected chi connectivity index (χ3v) is 5.65. The summed E-state index contributed by atoms with van der Waals surface area (Å²) in [5, 5.41) is 3.86. The second-order valence-electron chi connectivity index (χ2n) is 7.97. The van der Waals surface area contributed by atoms with Gasteiger partial charge >= 0.3 is 6.36 Å². The number of rotatable bonds is 8. The predicted molar refractivity (Wildman–Crippen MR) is 122 cm³/mol. The molecule has 180 valence electrons. The third-order valence-electron chi connectivity index (χ3n) is 5.65. The number of aryl methyl sites for hydroxylation is 1. The minimum atomic E-state index is -4.79. The lowest BCUT2D eigenvalue weighted by Gasteiger charge is -2.26. The number of pyridine rings is 1. The van der Waals surface area contributed by atoms with Gasteiger partial charge in [0.15, 0.2) is 0 Å². The van der Waals surface area contributed by atoms with Crippen molar-refractivity contribution in [3.63, 3.8) is 0 Å². The van der Waals surface area contributed by atoms with Gasteiger partial charge in [0.05, 0.1) is 30.0 Å². The highest BCUT2D eigenvalue weighted by Crippen LogP contribution is 2.33. The molecular formula is C24H25F3N4O3. The SMILES string of the molecule is NC(=O)c1cccc(CCCN2CCOCC2)c1Nc1ccnc2cc(OC(F)(F)F)ccc12. The Morgan fingerprint density at radius 2 is 1.97 bits per heavy atom. The number of nitrogens with zero attached hydrogens (tertiary/aromatic N) is 2. The number of fused-ring (bicyclic) bond motifs is 1. The van der Waals surface area contributed by atoms with Gasteiger partial charge in [0.2, 0.25) is 0 Å². The van der Waals surface area contributed by atoms with Crippen LogP contribution in [0.5, 0.6) is 5.75 Å². The van der Waals surface area contributed by atoms with E-state index in [4.69, 9.17) is 10.5 Å². The summed E-state index contributed by atoms with van der Waals surface area (Å²) in [4.78, 5) is 18.7. The van der Waals surface area contributed by atoms with Crippen LogP contribution in [0.2, 0.25) is 0 Å². The standard InChI is InChI=1S/C24H25F3N4O3/c25-24(26,27)34-17-6-7-18-20(8-9-29-21(18)15-17)30-22-16(3-1-5-19(22)23(28)32)4-2-10-31-11-13-33-14-12-31/h1,3,5-9,15H,2,4,10-14H2,(H2,28,32)(H,29,30). The maximum Gasteiger partial charge on any atom is 0.573 e. The van der Waals surface area contributed by atoms with Crippen molar-refractivity contribution in [3.05, 3.63) is 59.8 Å². The van der Waals surface area contributed by atoms with Gasteiger partial charge in [-0.1, -0.05) is 12.1 Å². The van der Waals surface area contributed by atoms with Gasteiger partial charge in [0.25, 0.3) is 5.91 Å². The van der Waals surface area contributed by atoms with Gasteiger partial charge in [-0.15, -0.1) is 13.2 Å². The molecule has 1 amide bonds. The largest absolute Gasteiger partial charge is 0.573 e. The van der Waals surface area contributed by atoms with Crippen molar-refractivity contribution in [3.8, 4) is 5.75 Å². The minimum Gasteiger partial charge on any atom is -0.406 e. The number of hydrogen-bond acceptors (Lipinski definition) is 6. The van der Waals surface area contributed by atoms with Crippen LogP contribution in [0.4, 0.5) is 24.5 Å². The van der Waals surface area contributed by atoms with Crippen molar-refractivity contribution in [1.29, 1.82) is 0 Å². The van der Waals surface area contributed by atoms with Crippen LogP contribution in [0.1, 0.15) is 22.3 Å². The Kier molecular flexibility index (Phi) is 7.18. The van der Waals surface area contributed by atoms with Gasteiger partial charge < -0.3 is 20.5 Å². The van der Waals surface area contributed by atoms with Crippen LogP contribution < -0.4 is 15.8 Å². The van der Waals surface area contributed by atoms with E-state index in [0.717, 1.165) is 44.8 Å². The summed E-state index contributed by atoms with van der Waals surface area (Å²) in [6.07, 6.45) is -1.72. The van der Waals surface area contributed by atoms with E-state index in [1.807, 2.05) is 6.07 Å². The van der Waals surface area contributed by atoms with Crippen LogP contribution in [0, 0.1) is 0 Å². The maximum atomic E-state index is 12.6. The molecule has 0 unspecified atom stereocenters. The molecule has 0 spiro atoms. The van der Waals surface area contributed by atoms with Crippen molar-refractivity contribution in [1.82, 2.24) is 9.88 Å². The number of hydrogen-bond donors (Lipinski definition) is 2. The third kappa shape index (κ3) is 5.95. The van der Waals surface area contributed by atoms with Crippen LogP contribution in [-0.4, -0.2) is 55.0 Å². The molecule has 7 nitrogen and oxygen atoms in total. The first-order chi connectivity index (χ1) is 16.3. The quantitative estimate of drug-likeness (QED) is 0.508. The van der Waals surface area contributed by atoms with E-state index in [2.05, 4.69) is 19.9 Å². The fourth-order valence-corrected chi connectivity index (χ4v) is 4.05. The van der Waals surface area contributed by atoms with E-state index < -0.39 is 12.3 Å². The molecule has 1 saturated heterocycles. The Hall–Kier alpha value is -3.37. The molecule has 2 aromatic carbocycles. The number of ether oxygens (including phenoxy) is 2. The number of aromatic nitrogens is 1. The average molecular weight is 474 g/mol. The van der Waals surface area contributed by atoms with E-state index in [9.17, 15) is 18.0 Å². The lowest BCUT2D eigenvalue weighted by atomic mass is 10.0. The van der Waals surface area contributed by atoms with Crippen molar-refractivity contribution >= 4 is 28.2 Å². The molecule has 0 bridgehead atoms. The zero-order chi connectivity index (χ0) is 24.1. The molecule has 10 heteroatoms. The second-order valence-corrected chi connectivity index (χ2v) is 7.97. The van der Waals surface area contributed by atoms with Gasteiger partial charge in [-0.3, -0.25) is 14.7 Å². The summed E-state index contributed by atoms with van der Waals surface area (Å²) in [6, 6.07) is 11.0. The second kappa shape index (κ2) is 10.3. The number of carbonyl (C=O) groups is 1. The maximum absolute atomic E-state index is 12.6. The fraction of sp³-hybridized carbons (Fsp3) is 0.333. The number of halogens is 3. The summed E-state index contributed by atoms with van der Waals surface area (Å²) in [6.45, 7) is 4.17. The van der Waals surface area contributed by atoms with Crippen molar-refractivity contribution in [2.75, 3.05) is 38.2 Å². The zero-order valence-electron chi connectivity index (χ0n) is 18.4. The molecule has 1 aromatic heterocycles. The molecule has 1 aliphatic rings. The first kappa shape index (κ1) is 23.8. The van der Waals surface area contributed by atoms with Crippen LogP contribution in [0.25, 0.3) is 10.9 Å². The molecule has 1 fully saturated rings. The number of amides is 1. The predicted octanol–water partition coefficient (Wildman–Crippen LogP) is 4.24. The van der Waals surface area contributed by atoms with E-state index in [1.54, 1.807) is 18.2 Å². The summed E-state index contributed by atoms with van der Waals surface area (Å²) >= 11 is 0. The Morgan fingerprint density at radius 3 is 2.71 bits per heavy atom. The van der Waals surface area contributed by atoms with Gasteiger partial charge in [-0.2, -0.15) is 0 Å². The molecule has 2 heterocycles. The molecule has 3 N–H and O–H groups in total. The number of nitrogens with two attached hydrogens (primary N) is 1. The highest BCUT2D eigenvalue weighted by Gasteiger charge is 2.31. The normalized spacial score (nSPS) is 14.8. The number of nitrogens with one attached hydrogen (secondary N) is 1. The van der Waals surface area contributed by atoms with E-state index in [0.29, 0.717) is 34.3 Å². The minimum absolute atomic E-state index is 0.317. The summed E-state index contributed by atoms with van der Waals surface area (Å²) < 4.78 is 47.1. The molecular weight excluding hydrogens is 449 g/mol. The molecule has 0 radical (unpaired) electrons. The molecule has 4 rings (SSSR count). The lowest BCUT2D eigenvalue weighted by molar-refractivity contribution is -0.274. The highest BCUT2D eigenvalue weighted by molar-refractivity contribution is 6.02. The Morgan fingerprint density at radius 1 is 1.18 bits per heavy atom. The number of para-hydroxylation sites is 1. The van der Waals surface area contributed by atoms with Crippen molar-refractivity contribution < 1.29 is 27.4 Å². The Balaban J connectivity index is 1.60. The van der Waals surface area contributed by atoms with Gasteiger partial charge in [-0.05, 0) is 49.2 Å². The monoisotopic (exact) mass is 474 g/mol. The topological polar surface area (TPSA) is 89.7 Å². The zero-order valence-corrected chi connectivity index (χ0v) is 18.4. The molecule has 0 atom stereocenters. The first-order valence-electron chi connectivity index (χ1n) is 10.9. The Bertz CT molecular complexity index is 1160. The fourth-order valence-electron chi connectivity index (χ4n) is 4.05. The summed E-state index contributed by atoms with van der Waals surface area (Å²) in [7, 11) is 0. The Labute approximate surface area is 194 Å². The number of alkyl halides is 3. The molecule has 0 aliphatic carbocycles. The number of morpholine rings is 1. The summed E-state index contributed by atoms with van der Waals surface area (Å²) in [5.74, 6) is -0.928. The number of carbonyl (C=O) groups excluding carboxylic acids is 1. The van der Waals surface area contributed by atoms with E-state index >= 15 is 0 Å². The van der Waals surface area contributed by atoms with Crippen LogP contribution >= 0.6 is 0 Å². The molecule has 1 aliphatic heterocycles. The molecule has 0 saturated carbocycles. The highest BCUT2D eigenvalue weighted by atomic mass is 19.4. The van der Waals surface area contributed by atoms with Gasteiger partial charge in [0.1, 0.15) is 5.75 Å². The van der Waals surface area contributed by atoms with Crippen molar-refractivity contribution in [2.24, 2.45) is 5.73 Å². The molecule has 3 aromatic rings. The van der Waals surface area contributed by atoms with E-state index in [1.165, 1.54) is 24.4 Å². The summed E-state index contributed by atoms with van der Waals surface area (Å²) in [5.41, 5.74) is 8.39. The number of benzene rings is 2. The van der Waals surface area contributed by atoms with Crippen LogP contribution in [0.15, 0.2) is 48.7 Å². The number of primary amides is 1. The van der Waals surface area contributed by atoms with Crippen LogP contribution in [0.3, 0.4) is 0 Å². The van der Waals surface area contributed by atoms with Crippen LogP contribution in [-0.2, 0) is 11.2 Å². The number of anilines is 2.